The number of thiazole rings is 1. The largest absolute Gasteiger partial charge is 0.358 e. The van der Waals surface area contributed by atoms with Crippen molar-refractivity contribution in [1.82, 2.24) is 4.98 Å². The molecular weight excluding hydrogens is 248 g/mol. The van der Waals surface area contributed by atoms with Gasteiger partial charge >= 0.3 is 0 Å². The number of hydrogen-bond acceptors (Lipinski definition) is 6. The lowest BCUT2D eigenvalue weighted by atomic mass is 10.3. The maximum atomic E-state index is 11.2. The summed E-state index contributed by atoms with van der Waals surface area (Å²) in [5.74, 6) is 0.978. The van der Waals surface area contributed by atoms with Crippen LogP contribution in [0.15, 0.2) is 0 Å². The molecule has 84 valence electrons. The van der Waals surface area contributed by atoms with Crippen LogP contribution in [-0.2, 0) is 0 Å². The van der Waals surface area contributed by atoms with Crippen LogP contribution in [0.2, 0.25) is 0 Å². The molecule has 1 heterocycles. The van der Waals surface area contributed by atoms with Gasteiger partial charge in [0.05, 0.1) is 10.6 Å². The number of aryl methyl sites for hydroxylation is 1. The van der Waals surface area contributed by atoms with Gasteiger partial charge in [-0.25, -0.2) is 4.98 Å². The van der Waals surface area contributed by atoms with Crippen molar-refractivity contribution in [2.75, 3.05) is 11.1 Å². The first-order valence-electron chi connectivity index (χ1n) is 4.56. The van der Waals surface area contributed by atoms with E-state index in [9.17, 15) is 4.79 Å². The monoisotopic (exact) mass is 262 g/mol. The Hall–Kier alpha value is -0.200. The van der Waals surface area contributed by atoms with Gasteiger partial charge in [-0.15, -0.1) is 11.7 Å². The number of carbonyl (C=O) groups is 1. The Kier molecular flexibility index (Phi) is 4.95. The predicted octanol–water partition coefficient (Wildman–Crippen LogP) is 3.03. The van der Waals surface area contributed by atoms with Crippen LogP contribution < -0.4 is 5.32 Å². The van der Waals surface area contributed by atoms with Gasteiger partial charge in [0.1, 0.15) is 0 Å². The van der Waals surface area contributed by atoms with Crippen LogP contribution in [0, 0.1) is 6.92 Å². The van der Waals surface area contributed by atoms with E-state index < -0.39 is 0 Å². The third-order valence-corrected chi connectivity index (χ3v) is 4.10. The number of hydrogen-bond donors (Lipinski definition) is 2. The molecule has 1 rings (SSSR count). The number of anilines is 1. The SMILES string of the molecule is CC(=O)c1sc(NC(C)CSS)nc1C. The zero-order valence-electron chi connectivity index (χ0n) is 8.90. The fraction of sp³-hybridized carbons (Fsp3) is 0.556. The van der Waals surface area contributed by atoms with Crippen LogP contribution >= 0.6 is 33.8 Å². The molecule has 1 aromatic rings. The van der Waals surface area contributed by atoms with E-state index in [-0.39, 0.29) is 5.78 Å². The summed E-state index contributed by atoms with van der Waals surface area (Å²) >= 11 is 5.51. The maximum absolute atomic E-state index is 11.2. The van der Waals surface area contributed by atoms with Crippen LogP contribution in [0.4, 0.5) is 5.13 Å². The Bertz CT molecular complexity index is 351. The lowest BCUT2D eigenvalue weighted by molar-refractivity contribution is 0.102. The zero-order valence-corrected chi connectivity index (χ0v) is 11.4. The lowest BCUT2D eigenvalue weighted by Crippen LogP contribution is -2.16. The van der Waals surface area contributed by atoms with Gasteiger partial charge in [0, 0.05) is 18.7 Å². The number of rotatable bonds is 5. The Balaban J connectivity index is 2.71. The number of aromatic nitrogens is 1. The molecule has 0 saturated carbocycles. The second-order valence-electron chi connectivity index (χ2n) is 3.33. The summed E-state index contributed by atoms with van der Waals surface area (Å²) < 4.78 is 0. The number of Topliss-reactive ketones (excluding diaryl/α,β-unsaturated/α-hetero) is 1. The van der Waals surface area contributed by atoms with Crippen molar-refractivity contribution in [2.45, 2.75) is 26.8 Å². The number of carbonyl (C=O) groups excluding carboxylic acids is 1. The molecule has 15 heavy (non-hydrogen) atoms. The highest BCUT2D eigenvalue weighted by Gasteiger charge is 2.12. The van der Waals surface area contributed by atoms with E-state index in [1.165, 1.54) is 22.1 Å². The second kappa shape index (κ2) is 5.77. The Labute approximate surface area is 103 Å². The number of thiol groups is 1. The van der Waals surface area contributed by atoms with Gasteiger partial charge in [0.15, 0.2) is 10.9 Å². The lowest BCUT2D eigenvalue weighted by Gasteiger charge is -2.09. The van der Waals surface area contributed by atoms with Crippen LogP contribution in [0.1, 0.15) is 29.2 Å². The molecule has 6 heteroatoms. The minimum absolute atomic E-state index is 0.0780. The standard InChI is InChI=1S/C9H14N2OS3/c1-5(4-14-13)10-9-11-6(2)8(15-9)7(3)12/h5,13H,4H2,1-3H3,(H,10,11). The third-order valence-electron chi connectivity index (χ3n) is 1.81. The molecule has 1 unspecified atom stereocenters. The predicted molar refractivity (Wildman–Crippen MR) is 71.4 cm³/mol. The molecule has 0 aliphatic heterocycles. The van der Waals surface area contributed by atoms with Crippen molar-refractivity contribution in [3.63, 3.8) is 0 Å². The zero-order chi connectivity index (χ0) is 11.4. The summed E-state index contributed by atoms with van der Waals surface area (Å²) in [6.45, 7) is 5.49. The topological polar surface area (TPSA) is 42.0 Å². The molecular formula is C9H14N2OS3. The first-order valence-corrected chi connectivity index (χ1v) is 7.41. The summed E-state index contributed by atoms with van der Waals surface area (Å²) in [6.07, 6.45) is 0. The minimum Gasteiger partial charge on any atom is -0.358 e. The normalized spacial score (nSPS) is 12.5. The first kappa shape index (κ1) is 12.9. The highest BCUT2D eigenvalue weighted by molar-refractivity contribution is 8.68. The molecule has 0 aromatic carbocycles. The molecule has 1 aromatic heterocycles. The molecule has 0 saturated heterocycles. The van der Waals surface area contributed by atoms with E-state index in [0.717, 1.165) is 21.5 Å². The molecule has 1 atom stereocenters. The molecule has 0 aliphatic rings. The van der Waals surface area contributed by atoms with E-state index in [4.69, 9.17) is 0 Å². The molecule has 0 aliphatic carbocycles. The highest BCUT2D eigenvalue weighted by atomic mass is 33.1. The van der Waals surface area contributed by atoms with Crippen molar-refractivity contribution < 1.29 is 4.79 Å². The van der Waals surface area contributed by atoms with Gasteiger partial charge in [-0.1, -0.05) is 22.1 Å². The van der Waals surface area contributed by atoms with Crippen LogP contribution in [-0.4, -0.2) is 22.6 Å². The van der Waals surface area contributed by atoms with Crippen molar-refractivity contribution in [2.24, 2.45) is 0 Å². The molecule has 0 fully saturated rings. The molecule has 0 amide bonds. The fourth-order valence-electron chi connectivity index (χ4n) is 1.15. The third kappa shape index (κ3) is 3.70. The van der Waals surface area contributed by atoms with Crippen molar-refractivity contribution in [3.05, 3.63) is 10.6 Å². The molecule has 0 spiro atoms. The van der Waals surface area contributed by atoms with Crippen LogP contribution in [0.3, 0.4) is 0 Å². The van der Waals surface area contributed by atoms with Gasteiger partial charge in [-0.2, -0.15) is 0 Å². The smallest absolute Gasteiger partial charge is 0.183 e. The Morgan fingerprint density at radius 3 is 2.87 bits per heavy atom. The minimum atomic E-state index is 0.0780. The van der Waals surface area contributed by atoms with Crippen LogP contribution in [0.5, 0.6) is 0 Å². The Morgan fingerprint density at radius 2 is 2.40 bits per heavy atom. The molecule has 0 bridgehead atoms. The number of nitrogens with one attached hydrogen (secondary N) is 1. The number of ketones is 1. The summed E-state index contributed by atoms with van der Waals surface area (Å²) in [5.41, 5.74) is 0.806. The quantitative estimate of drug-likeness (QED) is 0.486. The average Bonchev–Trinajstić information content (AvgIpc) is 2.47. The molecule has 1 N–H and O–H groups in total. The summed E-state index contributed by atoms with van der Waals surface area (Å²) in [5, 5.41) is 4.06. The molecule has 0 radical (unpaired) electrons. The van der Waals surface area contributed by atoms with Crippen molar-refractivity contribution in [3.8, 4) is 0 Å². The van der Waals surface area contributed by atoms with Gasteiger partial charge in [0.25, 0.3) is 0 Å². The number of nitrogens with zero attached hydrogens (tertiary/aromatic N) is 1. The van der Waals surface area contributed by atoms with E-state index in [0.29, 0.717) is 6.04 Å². The van der Waals surface area contributed by atoms with Gasteiger partial charge in [0.2, 0.25) is 0 Å². The fourth-order valence-corrected chi connectivity index (χ4v) is 3.10. The molecule has 3 nitrogen and oxygen atoms in total. The summed E-state index contributed by atoms with van der Waals surface area (Å²) in [6, 6.07) is 0.304. The van der Waals surface area contributed by atoms with E-state index in [2.05, 4.69) is 28.9 Å². The van der Waals surface area contributed by atoms with E-state index in [1.54, 1.807) is 6.92 Å². The van der Waals surface area contributed by atoms with Gasteiger partial charge in [-0.3, -0.25) is 4.79 Å². The Morgan fingerprint density at radius 1 is 1.73 bits per heavy atom. The average molecular weight is 262 g/mol. The summed E-state index contributed by atoms with van der Waals surface area (Å²) in [7, 11) is 1.49. The van der Waals surface area contributed by atoms with E-state index in [1.807, 2.05) is 6.92 Å². The van der Waals surface area contributed by atoms with Crippen LogP contribution in [0.25, 0.3) is 0 Å². The maximum Gasteiger partial charge on any atom is 0.183 e. The first-order chi connectivity index (χ1) is 7.04. The highest BCUT2D eigenvalue weighted by Crippen LogP contribution is 2.24. The van der Waals surface area contributed by atoms with Crippen molar-refractivity contribution >= 4 is 44.7 Å². The van der Waals surface area contributed by atoms with E-state index >= 15 is 0 Å². The van der Waals surface area contributed by atoms with Gasteiger partial charge in [-0.05, 0) is 13.8 Å². The summed E-state index contributed by atoms with van der Waals surface area (Å²) in [4.78, 5) is 16.3. The second-order valence-corrected chi connectivity index (χ2v) is 5.70. The van der Waals surface area contributed by atoms with Crippen molar-refractivity contribution in [1.29, 1.82) is 0 Å². The van der Waals surface area contributed by atoms with Gasteiger partial charge < -0.3 is 5.32 Å².